The lowest BCUT2D eigenvalue weighted by atomic mass is 10.2. The Morgan fingerprint density at radius 2 is 2.28 bits per heavy atom. The Hall–Kier alpha value is -1.46. The average molecular weight is 275 g/mol. The predicted molar refractivity (Wildman–Crippen MR) is 78.7 cm³/mol. The molecular formula is C13H13N3S2. The van der Waals surface area contributed by atoms with Crippen LogP contribution in [-0.4, -0.2) is 16.5 Å². The third-order valence-electron chi connectivity index (χ3n) is 2.64. The minimum absolute atomic E-state index is 0.881. The summed E-state index contributed by atoms with van der Waals surface area (Å²) < 4.78 is 1.24. The summed E-state index contributed by atoms with van der Waals surface area (Å²) in [7, 11) is 0. The van der Waals surface area contributed by atoms with Crippen molar-refractivity contribution in [1.82, 2.24) is 9.97 Å². The maximum absolute atomic E-state index is 4.56. The molecule has 0 aliphatic heterocycles. The summed E-state index contributed by atoms with van der Waals surface area (Å²) in [6.07, 6.45) is 2.80. The van der Waals surface area contributed by atoms with Crippen LogP contribution < -0.4 is 5.32 Å². The zero-order valence-corrected chi connectivity index (χ0v) is 11.6. The lowest BCUT2D eigenvalue weighted by Gasteiger charge is -1.98. The molecule has 1 aromatic carbocycles. The number of rotatable bonds is 4. The van der Waals surface area contributed by atoms with Crippen molar-refractivity contribution in [2.45, 2.75) is 13.3 Å². The molecule has 0 spiro atoms. The Bertz CT molecular complexity index is 643. The highest BCUT2D eigenvalue weighted by Crippen LogP contribution is 2.26. The van der Waals surface area contributed by atoms with E-state index < -0.39 is 0 Å². The highest BCUT2D eigenvalue weighted by molar-refractivity contribution is 7.22. The molecule has 5 heteroatoms. The van der Waals surface area contributed by atoms with E-state index in [1.807, 2.05) is 11.6 Å². The molecule has 0 saturated carbocycles. The van der Waals surface area contributed by atoms with Crippen molar-refractivity contribution in [3.63, 3.8) is 0 Å². The smallest absolute Gasteiger partial charge is 0.183 e. The first-order valence-corrected chi connectivity index (χ1v) is 7.50. The van der Waals surface area contributed by atoms with E-state index in [1.54, 1.807) is 22.7 Å². The zero-order valence-electron chi connectivity index (χ0n) is 10.0. The molecule has 2 aromatic heterocycles. The lowest BCUT2D eigenvalue weighted by Crippen LogP contribution is -2.03. The second-order valence-corrected chi connectivity index (χ2v) is 6.10. The summed E-state index contributed by atoms with van der Waals surface area (Å²) in [5.74, 6) is 0. The van der Waals surface area contributed by atoms with Crippen molar-refractivity contribution in [2.24, 2.45) is 0 Å². The lowest BCUT2D eigenvalue weighted by molar-refractivity contribution is 0.996. The van der Waals surface area contributed by atoms with Crippen molar-refractivity contribution < 1.29 is 0 Å². The average Bonchev–Trinajstić information content (AvgIpc) is 2.97. The normalized spacial score (nSPS) is 10.9. The van der Waals surface area contributed by atoms with Crippen LogP contribution in [0.25, 0.3) is 10.2 Å². The molecule has 0 aliphatic carbocycles. The number of anilines is 1. The largest absolute Gasteiger partial charge is 0.361 e. The summed E-state index contributed by atoms with van der Waals surface area (Å²) in [6, 6.07) is 6.35. The molecule has 0 saturated heterocycles. The first-order chi connectivity index (χ1) is 8.81. The fraction of sp³-hybridized carbons (Fsp3) is 0.231. The van der Waals surface area contributed by atoms with Crippen molar-refractivity contribution in [3.05, 3.63) is 40.3 Å². The van der Waals surface area contributed by atoms with Crippen LogP contribution in [0.4, 0.5) is 5.13 Å². The summed E-state index contributed by atoms with van der Waals surface area (Å²) in [6.45, 7) is 2.99. The highest BCUT2D eigenvalue weighted by Gasteiger charge is 2.03. The van der Waals surface area contributed by atoms with Crippen LogP contribution in [0.15, 0.2) is 29.8 Å². The Kier molecular flexibility index (Phi) is 3.25. The van der Waals surface area contributed by atoms with Crippen LogP contribution in [0.2, 0.25) is 0 Å². The minimum Gasteiger partial charge on any atom is -0.361 e. The number of benzene rings is 1. The molecule has 0 bridgehead atoms. The van der Waals surface area contributed by atoms with E-state index in [0.29, 0.717) is 0 Å². The van der Waals surface area contributed by atoms with Gasteiger partial charge in [-0.25, -0.2) is 9.97 Å². The minimum atomic E-state index is 0.881. The molecule has 18 heavy (non-hydrogen) atoms. The van der Waals surface area contributed by atoms with Gasteiger partial charge in [0.25, 0.3) is 0 Å². The molecular weight excluding hydrogens is 262 g/mol. The van der Waals surface area contributed by atoms with Gasteiger partial charge in [-0.3, -0.25) is 0 Å². The third-order valence-corrected chi connectivity index (χ3v) is 4.46. The second-order valence-electron chi connectivity index (χ2n) is 4.09. The Morgan fingerprint density at radius 1 is 1.33 bits per heavy atom. The summed E-state index contributed by atoms with van der Waals surface area (Å²) >= 11 is 3.41. The standard InChI is InChI=1S/C13H13N3S2/c1-9-2-3-10-11(8-9)18-13(16-10)15-5-4-12-14-6-7-17-12/h2-3,6-8H,4-5H2,1H3,(H,15,16). The third kappa shape index (κ3) is 2.52. The Morgan fingerprint density at radius 3 is 3.11 bits per heavy atom. The van der Waals surface area contributed by atoms with Crippen LogP contribution in [0.3, 0.4) is 0 Å². The van der Waals surface area contributed by atoms with Crippen LogP contribution >= 0.6 is 22.7 Å². The van der Waals surface area contributed by atoms with Gasteiger partial charge in [-0.05, 0) is 24.6 Å². The molecule has 1 N–H and O–H groups in total. The van der Waals surface area contributed by atoms with Gasteiger partial charge in [-0.2, -0.15) is 0 Å². The van der Waals surface area contributed by atoms with E-state index >= 15 is 0 Å². The van der Waals surface area contributed by atoms with Gasteiger partial charge >= 0.3 is 0 Å². The van der Waals surface area contributed by atoms with E-state index in [9.17, 15) is 0 Å². The monoisotopic (exact) mass is 275 g/mol. The summed E-state index contributed by atoms with van der Waals surface area (Å²) in [4.78, 5) is 8.83. The number of nitrogens with one attached hydrogen (secondary N) is 1. The van der Waals surface area contributed by atoms with E-state index in [1.165, 1.54) is 15.3 Å². The number of fused-ring (bicyclic) bond motifs is 1. The van der Waals surface area contributed by atoms with Gasteiger partial charge in [-0.15, -0.1) is 11.3 Å². The highest BCUT2D eigenvalue weighted by atomic mass is 32.1. The first kappa shape index (κ1) is 11.6. The van der Waals surface area contributed by atoms with Gasteiger partial charge in [0.15, 0.2) is 5.13 Å². The first-order valence-electron chi connectivity index (χ1n) is 5.81. The van der Waals surface area contributed by atoms with E-state index in [2.05, 4.69) is 40.4 Å². The number of aromatic nitrogens is 2. The van der Waals surface area contributed by atoms with Crippen molar-refractivity contribution in [3.8, 4) is 0 Å². The Balaban J connectivity index is 1.67. The van der Waals surface area contributed by atoms with Crippen molar-refractivity contribution in [2.75, 3.05) is 11.9 Å². The molecule has 0 fully saturated rings. The van der Waals surface area contributed by atoms with E-state index in [0.717, 1.165) is 23.6 Å². The molecule has 3 aromatic rings. The zero-order chi connectivity index (χ0) is 12.4. The Labute approximate surface area is 114 Å². The van der Waals surface area contributed by atoms with Gasteiger partial charge < -0.3 is 5.32 Å². The fourth-order valence-corrected chi connectivity index (χ4v) is 3.37. The van der Waals surface area contributed by atoms with Crippen LogP contribution in [0.5, 0.6) is 0 Å². The molecule has 0 atom stereocenters. The van der Waals surface area contributed by atoms with Crippen LogP contribution in [0, 0.1) is 6.92 Å². The molecule has 0 unspecified atom stereocenters. The quantitative estimate of drug-likeness (QED) is 0.788. The van der Waals surface area contributed by atoms with Gasteiger partial charge in [0.05, 0.1) is 15.2 Å². The van der Waals surface area contributed by atoms with Crippen molar-refractivity contribution in [1.29, 1.82) is 0 Å². The maximum Gasteiger partial charge on any atom is 0.183 e. The van der Waals surface area contributed by atoms with Crippen LogP contribution in [0.1, 0.15) is 10.6 Å². The fourth-order valence-electron chi connectivity index (χ4n) is 1.76. The van der Waals surface area contributed by atoms with Gasteiger partial charge in [0.2, 0.25) is 0 Å². The van der Waals surface area contributed by atoms with Gasteiger partial charge in [0, 0.05) is 24.5 Å². The predicted octanol–water partition coefficient (Wildman–Crippen LogP) is 3.72. The molecule has 0 radical (unpaired) electrons. The number of thiazole rings is 2. The van der Waals surface area contributed by atoms with Gasteiger partial charge in [-0.1, -0.05) is 17.4 Å². The molecule has 92 valence electrons. The second kappa shape index (κ2) is 5.04. The summed E-state index contributed by atoms with van der Waals surface area (Å²) in [5.41, 5.74) is 2.35. The van der Waals surface area contributed by atoms with Gasteiger partial charge in [0.1, 0.15) is 0 Å². The number of hydrogen-bond acceptors (Lipinski definition) is 5. The molecule has 0 amide bonds. The SMILES string of the molecule is Cc1ccc2nc(NCCc3nccs3)sc2c1. The van der Waals surface area contributed by atoms with Crippen LogP contribution in [-0.2, 0) is 6.42 Å². The molecule has 3 nitrogen and oxygen atoms in total. The number of nitrogens with zero attached hydrogens (tertiary/aromatic N) is 2. The maximum atomic E-state index is 4.56. The number of hydrogen-bond donors (Lipinski definition) is 1. The van der Waals surface area contributed by atoms with Crippen molar-refractivity contribution >= 4 is 38.0 Å². The molecule has 3 rings (SSSR count). The molecule has 2 heterocycles. The topological polar surface area (TPSA) is 37.8 Å². The van der Waals surface area contributed by atoms with E-state index in [4.69, 9.17) is 0 Å². The number of aryl methyl sites for hydroxylation is 1. The van der Waals surface area contributed by atoms with E-state index in [-0.39, 0.29) is 0 Å². The summed E-state index contributed by atoms with van der Waals surface area (Å²) in [5, 5.41) is 7.53. The molecule has 0 aliphatic rings.